The van der Waals surface area contributed by atoms with Gasteiger partial charge in [-0.25, -0.2) is 0 Å². The molecule has 2 aromatic carbocycles. The molecule has 0 radical (unpaired) electrons. The summed E-state index contributed by atoms with van der Waals surface area (Å²) in [6.45, 7) is 5.60. The second kappa shape index (κ2) is 42.1. The monoisotopic (exact) mass is 949 g/mol. The first-order chi connectivity index (χ1) is 28.2. The van der Waals surface area contributed by atoms with Crippen molar-refractivity contribution >= 4 is 60.8 Å². The topological polar surface area (TPSA) is 139 Å². The quantitative estimate of drug-likeness (QED) is 0.0501. The number of carboxylic acid groups (broad SMARTS) is 2. The maximum atomic E-state index is 10.4. The molecule has 2 aromatic rings. The fourth-order valence-electron chi connectivity index (χ4n) is 7.23. The number of rotatable bonds is 38. The molecule has 0 bridgehead atoms. The van der Waals surface area contributed by atoms with Gasteiger partial charge in [0.2, 0.25) is 0 Å². The van der Waals surface area contributed by atoms with E-state index in [1.54, 1.807) is 0 Å². The molecule has 0 amide bonds. The van der Waals surface area contributed by atoms with E-state index < -0.39 is 11.9 Å². The Morgan fingerprint density at radius 3 is 1.10 bits per heavy atom. The van der Waals surface area contributed by atoms with Crippen molar-refractivity contribution in [2.45, 2.75) is 231 Å². The molecule has 0 heterocycles. The summed E-state index contributed by atoms with van der Waals surface area (Å²) in [6.07, 6.45) is 27.1. The molecular formula is C50H82BaO8. The van der Waals surface area contributed by atoms with E-state index in [1.807, 2.05) is 36.4 Å². The number of aliphatic hydroxyl groups excluding tert-OH is 2. The van der Waals surface area contributed by atoms with Gasteiger partial charge >= 0.3 is 48.9 Å². The van der Waals surface area contributed by atoms with Crippen molar-refractivity contribution in [3.63, 3.8) is 0 Å². The van der Waals surface area contributed by atoms with Crippen LogP contribution in [0.4, 0.5) is 0 Å². The second-order valence-electron chi connectivity index (χ2n) is 16.4. The van der Waals surface area contributed by atoms with E-state index in [9.17, 15) is 30.0 Å². The Balaban J connectivity index is 0.00000112. The maximum Gasteiger partial charge on any atom is 2.00 e. The van der Waals surface area contributed by atoms with E-state index in [-0.39, 0.29) is 86.1 Å². The van der Waals surface area contributed by atoms with Gasteiger partial charge in [0, 0.05) is 11.9 Å². The van der Waals surface area contributed by atoms with Gasteiger partial charge in [-0.1, -0.05) is 164 Å². The van der Waals surface area contributed by atoms with E-state index in [0.29, 0.717) is 13.2 Å². The summed E-state index contributed by atoms with van der Waals surface area (Å²) in [5, 5.41) is 41.0. The third-order valence-corrected chi connectivity index (χ3v) is 10.9. The van der Waals surface area contributed by atoms with Crippen LogP contribution in [0.1, 0.15) is 205 Å². The van der Waals surface area contributed by atoms with E-state index >= 15 is 0 Å². The predicted molar refractivity (Wildman–Crippen MR) is 238 cm³/mol. The summed E-state index contributed by atoms with van der Waals surface area (Å²) in [7, 11) is 0. The Bertz CT molecular complexity index is 1110. The van der Waals surface area contributed by atoms with Crippen LogP contribution in [0.2, 0.25) is 0 Å². The van der Waals surface area contributed by atoms with Gasteiger partial charge in [0.1, 0.15) is 0 Å². The Morgan fingerprint density at radius 1 is 0.458 bits per heavy atom. The van der Waals surface area contributed by atoms with Gasteiger partial charge in [-0.05, 0) is 101 Å². The van der Waals surface area contributed by atoms with Crippen LogP contribution in [0.15, 0.2) is 60.7 Å². The van der Waals surface area contributed by atoms with Crippen LogP contribution < -0.4 is 10.2 Å². The van der Waals surface area contributed by atoms with E-state index in [1.165, 1.54) is 11.1 Å². The molecule has 0 spiro atoms. The number of unbranched alkanes of at least 4 members (excludes halogenated alkanes) is 12. The van der Waals surface area contributed by atoms with E-state index in [2.05, 4.69) is 38.1 Å². The van der Waals surface area contributed by atoms with Gasteiger partial charge in [-0.15, -0.1) is 0 Å². The number of hydrogen-bond acceptors (Lipinski definition) is 8. The van der Waals surface area contributed by atoms with Crippen molar-refractivity contribution in [2.24, 2.45) is 0 Å². The molecule has 4 unspecified atom stereocenters. The Kier molecular flexibility index (Phi) is 41.2. The average Bonchev–Trinajstić information content (AvgIpc) is 3.22. The first-order valence-corrected chi connectivity index (χ1v) is 23.3. The molecule has 2 N–H and O–H groups in total. The minimum absolute atomic E-state index is 0. The van der Waals surface area contributed by atoms with Crippen LogP contribution in [0.3, 0.4) is 0 Å². The first kappa shape index (κ1) is 57.8. The standard InChI is InChI=1S/2C25H42O4.Ba/c2*1-2-3-16-23(26)17-13-19-24(29-21-22-14-9-8-10-15-22)18-11-6-4-5-7-12-20-25(27)28;/h2*8-10,14-15,23-24,26H,2-7,11-13,16-21H2,1H3,(H,27,28);/q;;+2/p-2. The van der Waals surface area contributed by atoms with Crippen molar-refractivity contribution < 1.29 is 39.5 Å². The summed E-state index contributed by atoms with van der Waals surface area (Å²) in [5.41, 5.74) is 2.40. The van der Waals surface area contributed by atoms with Crippen LogP contribution in [0, 0.1) is 0 Å². The molecule has 0 aliphatic carbocycles. The van der Waals surface area contributed by atoms with Gasteiger partial charge < -0.3 is 39.5 Å². The number of aliphatic carboxylic acids is 2. The Morgan fingerprint density at radius 2 is 0.763 bits per heavy atom. The zero-order chi connectivity index (χ0) is 42.3. The van der Waals surface area contributed by atoms with Crippen molar-refractivity contribution in [3.05, 3.63) is 71.8 Å². The summed E-state index contributed by atoms with van der Waals surface area (Å²) in [5.74, 6) is -1.88. The minimum atomic E-state index is -0.941. The predicted octanol–water partition coefficient (Wildman–Crippen LogP) is 9.95. The van der Waals surface area contributed by atoms with Gasteiger partial charge in [0.25, 0.3) is 0 Å². The van der Waals surface area contributed by atoms with Crippen molar-refractivity contribution in [1.82, 2.24) is 0 Å². The molecule has 0 aliphatic heterocycles. The van der Waals surface area contributed by atoms with Gasteiger partial charge in [-0.2, -0.15) is 0 Å². The van der Waals surface area contributed by atoms with Crippen molar-refractivity contribution in [2.75, 3.05) is 0 Å². The van der Waals surface area contributed by atoms with Crippen LogP contribution in [0.5, 0.6) is 0 Å². The molecule has 332 valence electrons. The number of ether oxygens (including phenoxy) is 2. The van der Waals surface area contributed by atoms with Crippen LogP contribution in [0.25, 0.3) is 0 Å². The number of aliphatic hydroxyl groups is 2. The molecular weight excluding hydrogens is 866 g/mol. The van der Waals surface area contributed by atoms with Crippen LogP contribution >= 0.6 is 0 Å². The number of carbonyl (C=O) groups excluding carboxylic acids is 2. The summed E-state index contributed by atoms with van der Waals surface area (Å²) in [4.78, 5) is 20.8. The SMILES string of the molecule is CCCCC(O)CCCC(CCCCCCCCC(=O)[O-])OCc1ccccc1.CCCCC(O)CCCC(CCCCCCCCC(=O)[O-])OCc1ccccc1.[Ba+2]. The van der Waals surface area contributed by atoms with Crippen molar-refractivity contribution in [3.8, 4) is 0 Å². The van der Waals surface area contributed by atoms with Gasteiger partial charge in [0.05, 0.1) is 37.6 Å². The molecule has 4 atom stereocenters. The molecule has 0 saturated heterocycles. The van der Waals surface area contributed by atoms with Crippen LogP contribution in [-0.2, 0) is 32.3 Å². The largest absolute Gasteiger partial charge is 2.00 e. The fourth-order valence-corrected chi connectivity index (χ4v) is 7.23. The Labute approximate surface area is 400 Å². The third kappa shape index (κ3) is 38.2. The summed E-state index contributed by atoms with van der Waals surface area (Å²) in [6, 6.07) is 20.6. The van der Waals surface area contributed by atoms with E-state index in [0.717, 1.165) is 167 Å². The minimum Gasteiger partial charge on any atom is -0.550 e. The zero-order valence-corrected chi connectivity index (χ0v) is 41.8. The number of hydrogen-bond donors (Lipinski definition) is 2. The smallest absolute Gasteiger partial charge is 0.550 e. The fraction of sp³-hybridized carbons (Fsp3) is 0.720. The normalized spacial score (nSPS) is 13.1. The molecule has 2 rings (SSSR count). The Hall–Kier alpha value is -1.21. The number of carbonyl (C=O) groups is 2. The molecule has 0 aromatic heterocycles. The average molecular weight is 949 g/mol. The maximum absolute atomic E-state index is 10.4. The third-order valence-electron chi connectivity index (χ3n) is 10.9. The zero-order valence-electron chi connectivity index (χ0n) is 37.3. The van der Waals surface area contributed by atoms with Gasteiger partial charge in [0.15, 0.2) is 0 Å². The second-order valence-corrected chi connectivity index (χ2v) is 16.4. The molecule has 8 nitrogen and oxygen atoms in total. The van der Waals surface area contributed by atoms with Crippen LogP contribution in [-0.4, -0.2) is 95.4 Å². The molecule has 0 fully saturated rings. The van der Waals surface area contributed by atoms with Gasteiger partial charge in [-0.3, -0.25) is 0 Å². The first-order valence-electron chi connectivity index (χ1n) is 23.3. The molecule has 0 aliphatic rings. The number of carboxylic acids is 2. The summed E-state index contributed by atoms with van der Waals surface area (Å²) >= 11 is 0. The summed E-state index contributed by atoms with van der Waals surface area (Å²) < 4.78 is 12.4. The van der Waals surface area contributed by atoms with E-state index in [4.69, 9.17) is 9.47 Å². The molecule has 59 heavy (non-hydrogen) atoms. The number of benzene rings is 2. The van der Waals surface area contributed by atoms with Crippen molar-refractivity contribution in [1.29, 1.82) is 0 Å². The molecule has 0 saturated carbocycles. The molecule has 9 heteroatoms.